The van der Waals surface area contributed by atoms with Crippen molar-refractivity contribution in [2.45, 2.75) is 39.2 Å². The highest BCUT2D eigenvalue weighted by Crippen LogP contribution is 2.32. The summed E-state index contributed by atoms with van der Waals surface area (Å²) in [6, 6.07) is 7.72. The van der Waals surface area contributed by atoms with E-state index in [1.165, 1.54) is 0 Å². The molecule has 3 aromatic rings. The Morgan fingerprint density at radius 3 is 2.89 bits per heavy atom. The Morgan fingerprint density at radius 2 is 2.14 bits per heavy atom. The normalized spacial score (nSPS) is 16.9. The number of aromatic nitrogens is 3. The smallest absolute Gasteiger partial charge is 0.321 e. The molecule has 0 radical (unpaired) electrons. The number of aryl methyl sites for hydroxylation is 1. The maximum absolute atomic E-state index is 12.7. The lowest BCUT2D eigenvalue weighted by atomic mass is 10.1. The standard InChI is InChI=1S/C21H24ClN5O/c1-13(2)27-19-11-23-8-6-18(19)24-20(27)15-7-9-26(12-15)21(28)25-17-5-4-14(3)10-16(17)22/h4-6,8,10-11,13,15H,7,9,12H2,1-3H3,(H,25,28)/t15-/m0/s1. The third kappa shape index (κ3) is 3.44. The largest absolute Gasteiger partial charge is 0.324 e. The van der Waals surface area contributed by atoms with Crippen molar-refractivity contribution in [3.63, 3.8) is 0 Å². The summed E-state index contributed by atoms with van der Waals surface area (Å²) in [5.41, 5.74) is 3.70. The molecule has 4 rings (SSSR count). The topological polar surface area (TPSA) is 63.1 Å². The molecule has 2 aromatic heterocycles. The highest BCUT2D eigenvalue weighted by molar-refractivity contribution is 6.33. The molecule has 28 heavy (non-hydrogen) atoms. The first kappa shape index (κ1) is 18.7. The van der Waals surface area contributed by atoms with Crippen LogP contribution in [-0.4, -0.2) is 38.6 Å². The van der Waals surface area contributed by atoms with Crippen LogP contribution in [-0.2, 0) is 0 Å². The number of halogens is 1. The van der Waals surface area contributed by atoms with Gasteiger partial charge in [-0.1, -0.05) is 17.7 Å². The zero-order chi connectivity index (χ0) is 19.8. The molecule has 1 N–H and O–H groups in total. The number of nitrogens with zero attached hydrogens (tertiary/aromatic N) is 4. The summed E-state index contributed by atoms with van der Waals surface area (Å²) in [7, 11) is 0. The Balaban J connectivity index is 1.53. The number of imidazole rings is 1. The van der Waals surface area contributed by atoms with Gasteiger partial charge in [0.2, 0.25) is 0 Å². The van der Waals surface area contributed by atoms with E-state index in [0.717, 1.165) is 28.8 Å². The number of carbonyl (C=O) groups is 1. The SMILES string of the molecule is Cc1ccc(NC(=O)N2CC[C@H](c3nc4ccncc4n3C(C)C)C2)c(Cl)c1. The lowest BCUT2D eigenvalue weighted by Gasteiger charge is -2.19. The van der Waals surface area contributed by atoms with E-state index in [9.17, 15) is 4.79 Å². The van der Waals surface area contributed by atoms with Crippen LogP contribution in [0, 0.1) is 6.92 Å². The minimum atomic E-state index is -0.123. The van der Waals surface area contributed by atoms with E-state index in [1.54, 1.807) is 6.20 Å². The highest BCUT2D eigenvalue weighted by atomic mass is 35.5. The Kier molecular flexibility index (Phi) is 4.98. The molecule has 0 saturated carbocycles. The van der Waals surface area contributed by atoms with Crippen molar-refractivity contribution in [2.75, 3.05) is 18.4 Å². The van der Waals surface area contributed by atoms with E-state index in [2.05, 4.69) is 28.7 Å². The molecule has 1 aliphatic heterocycles. The van der Waals surface area contributed by atoms with E-state index < -0.39 is 0 Å². The number of carbonyl (C=O) groups excluding carboxylic acids is 1. The number of hydrogen-bond acceptors (Lipinski definition) is 3. The molecule has 6 nitrogen and oxygen atoms in total. The maximum atomic E-state index is 12.7. The molecule has 1 aliphatic rings. The average molecular weight is 398 g/mol. The van der Waals surface area contributed by atoms with Gasteiger partial charge in [0, 0.05) is 31.2 Å². The molecule has 0 unspecified atom stereocenters. The van der Waals surface area contributed by atoms with Gasteiger partial charge in [0.15, 0.2) is 0 Å². The Bertz CT molecular complexity index is 1030. The van der Waals surface area contributed by atoms with Crippen LogP contribution in [0.3, 0.4) is 0 Å². The summed E-state index contributed by atoms with van der Waals surface area (Å²) >= 11 is 6.25. The van der Waals surface area contributed by atoms with Gasteiger partial charge in [-0.05, 0) is 51.0 Å². The Labute approximate surface area is 169 Å². The number of nitrogens with one attached hydrogen (secondary N) is 1. The monoisotopic (exact) mass is 397 g/mol. The predicted octanol–water partition coefficient (Wildman–Crippen LogP) is 5.00. The average Bonchev–Trinajstić information content (AvgIpc) is 3.28. The van der Waals surface area contributed by atoms with Crippen molar-refractivity contribution < 1.29 is 4.79 Å². The molecule has 146 valence electrons. The zero-order valence-electron chi connectivity index (χ0n) is 16.3. The minimum Gasteiger partial charge on any atom is -0.324 e. The maximum Gasteiger partial charge on any atom is 0.321 e. The van der Waals surface area contributed by atoms with Gasteiger partial charge in [0.05, 0.1) is 27.9 Å². The molecular weight excluding hydrogens is 374 g/mol. The second-order valence-corrected chi connectivity index (χ2v) is 8.05. The number of amides is 2. The number of fused-ring (bicyclic) bond motifs is 1. The fourth-order valence-corrected chi connectivity index (χ4v) is 4.14. The first-order valence-corrected chi connectivity index (χ1v) is 9.95. The molecule has 7 heteroatoms. The van der Waals surface area contributed by atoms with Crippen molar-refractivity contribution in [1.82, 2.24) is 19.4 Å². The van der Waals surface area contributed by atoms with Gasteiger partial charge in [0.1, 0.15) is 5.82 Å². The summed E-state index contributed by atoms with van der Waals surface area (Å²) in [6.07, 6.45) is 4.52. The summed E-state index contributed by atoms with van der Waals surface area (Å²) in [4.78, 5) is 23.7. The molecule has 2 amide bonds. The van der Waals surface area contributed by atoms with Gasteiger partial charge >= 0.3 is 6.03 Å². The van der Waals surface area contributed by atoms with E-state index in [4.69, 9.17) is 16.6 Å². The van der Waals surface area contributed by atoms with Crippen molar-refractivity contribution in [2.24, 2.45) is 0 Å². The van der Waals surface area contributed by atoms with Crippen LogP contribution < -0.4 is 5.32 Å². The quantitative estimate of drug-likeness (QED) is 0.676. The lowest BCUT2D eigenvalue weighted by Crippen LogP contribution is -2.33. The van der Waals surface area contributed by atoms with E-state index >= 15 is 0 Å². The number of anilines is 1. The molecule has 1 fully saturated rings. The molecule has 0 spiro atoms. The van der Waals surface area contributed by atoms with Gasteiger partial charge in [-0.25, -0.2) is 9.78 Å². The minimum absolute atomic E-state index is 0.123. The van der Waals surface area contributed by atoms with Crippen molar-refractivity contribution in [3.8, 4) is 0 Å². The fourth-order valence-electron chi connectivity index (χ4n) is 3.86. The van der Waals surface area contributed by atoms with Gasteiger partial charge in [0.25, 0.3) is 0 Å². The van der Waals surface area contributed by atoms with Gasteiger partial charge in [-0.2, -0.15) is 0 Å². The second-order valence-electron chi connectivity index (χ2n) is 7.64. The number of benzene rings is 1. The molecule has 3 heterocycles. The van der Waals surface area contributed by atoms with Crippen LogP contribution in [0.1, 0.15) is 43.6 Å². The molecular formula is C21H24ClN5O. The number of urea groups is 1. The Hall–Kier alpha value is -2.60. The number of likely N-dealkylation sites (tertiary alicyclic amines) is 1. The van der Waals surface area contributed by atoms with E-state index in [0.29, 0.717) is 23.8 Å². The third-order valence-electron chi connectivity index (χ3n) is 5.24. The van der Waals surface area contributed by atoms with Gasteiger partial charge < -0.3 is 14.8 Å². The van der Waals surface area contributed by atoms with Crippen molar-refractivity contribution >= 4 is 34.4 Å². The van der Waals surface area contributed by atoms with Crippen LogP contribution in [0.2, 0.25) is 5.02 Å². The Morgan fingerprint density at radius 1 is 1.32 bits per heavy atom. The number of hydrogen-bond donors (Lipinski definition) is 1. The molecule has 1 saturated heterocycles. The molecule has 1 aromatic carbocycles. The predicted molar refractivity (Wildman–Crippen MR) is 112 cm³/mol. The third-order valence-corrected chi connectivity index (χ3v) is 5.55. The summed E-state index contributed by atoms with van der Waals surface area (Å²) in [5, 5.41) is 3.49. The second kappa shape index (κ2) is 7.43. The molecule has 0 aliphatic carbocycles. The lowest BCUT2D eigenvalue weighted by molar-refractivity contribution is 0.222. The highest BCUT2D eigenvalue weighted by Gasteiger charge is 2.31. The van der Waals surface area contributed by atoms with Crippen LogP contribution in [0.5, 0.6) is 0 Å². The summed E-state index contributed by atoms with van der Waals surface area (Å²) < 4.78 is 2.24. The number of rotatable bonds is 3. The molecule has 1 atom stereocenters. The van der Waals surface area contributed by atoms with Gasteiger partial charge in [-0.15, -0.1) is 0 Å². The van der Waals surface area contributed by atoms with Crippen LogP contribution in [0.4, 0.5) is 10.5 Å². The zero-order valence-corrected chi connectivity index (χ0v) is 17.1. The first-order valence-electron chi connectivity index (χ1n) is 9.58. The van der Waals surface area contributed by atoms with Crippen molar-refractivity contribution in [3.05, 3.63) is 53.1 Å². The van der Waals surface area contributed by atoms with E-state index in [-0.39, 0.29) is 18.0 Å². The van der Waals surface area contributed by atoms with Crippen LogP contribution in [0.15, 0.2) is 36.7 Å². The van der Waals surface area contributed by atoms with Crippen LogP contribution >= 0.6 is 11.6 Å². The van der Waals surface area contributed by atoms with Crippen LogP contribution in [0.25, 0.3) is 11.0 Å². The number of pyridine rings is 1. The van der Waals surface area contributed by atoms with Gasteiger partial charge in [-0.3, -0.25) is 4.98 Å². The fraction of sp³-hybridized carbons (Fsp3) is 0.381. The summed E-state index contributed by atoms with van der Waals surface area (Å²) in [6.45, 7) is 7.60. The summed E-state index contributed by atoms with van der Waals surface area (Å²) in [5.74, 6) is 1.23. The van der Waals surface area contributed by atoms with E-state index in [1.807, 2.05) is 42.3 Å². The first-order chi connectivity index (χ1) is 13.4. The van der Waals surface area contributed by atoms with Crippen molar-refractivity contribution in [1.29, 1.82) is 0 Å². The molecule has 0 bridgehead atoms.